The lowest BCUT2D eigenvalue weighted by atomic mass is 10.1. The van der Waals surface area contributed by atoms with Crippen molar-refractivity contribution in [2.24, 2.45) is 0 Å². The van der Waals surface area contributed by atoms with Crippen LogP contribution in [0, 0.1) is 12.7 Å². The van der Waals surface area contributed by atoms with E-state index in [1.807, 2.05) is 13.0 Å². The van der Waals surface area contributed by atoms with E-state index in [1.54, 1.807) is 6.07 Å². The summed E-state index contributed by atoms with van der Waals surface area (Å²) in [6.45, 7) is 7.31. The summed E-state index contributed by atoms with van der Waals surface area (Å²) in [5.74, 6) is -0.165. The average molecular weight is 248 g/mol. The first kappa shape index (κ1) is 13.1. The number of H-pyrrole nitrogens is 1. The molecule has 1 heterocycles. The van der Waals surface area contributed by atoms with Crippen LogP contribution in [0.2, 0.25) is 0 Å². The van der Waals surface area contributed by atoms with Crippen LogP contribution in [-0.4, -0.2) is 17.6 Å². The molecule has 0 saturated heterocycles. The van der Waals surface area contributed by atoms with Gasteiger partial charge in [0, 0.05) is 17.1 Å². The van der Waals surface area contributed by atoms with E-state index < -0.39 is 0 Å². The van der Waals surface area contributed by atoms with Crippen molar-refractivity contribution in [1.82, 2.24) is 10.3 Å². The highest BCUT2D eigenvalue weighted by Crippen LogP contribution is 2.25. The number of fused-ring (bicyclic) bond motifs is 1. The Labute approximate surface area is 108 Å². The summed E-state index contributed by atoms with van der Waals surface area (Å²) in [5.41, 5.74) is 2.97. The lowest BCUT2D eigenvalue weighted by molar-refractivity contribution is 0.570. The first-order chi connectivity index (χ1) is 8.59. The number of rotatable bonds is 5. The minimum atomic E-state index is -0.165. The maximum Gasteiger partial charge on any atom is 0.147 e. The number of hydrogen-bond donors (Lipinski definition) is 2. The number of halogens is 1. The van der Waals surface area contributed by atoms with Crippen LogP contribution in [0.4, 0.5) is 4.39 Å². The minimum absolute atomic E-state index is 0.165. The second kappa shape index (κ2) is 5.53. The molecule has 2 nitrogen and oxygen atoms in total. The summed E-state index contributed by atoms with van der Waals surface area (Å²) >= 11 is 0. The number of aromatic amines is 1. The summed E-state index contributed by atoms with van der Waals surface area (Å²) in [4.78, 5) is 3.15. The summed E-state index contributed by atoms with van der Waals surface area (Å²) in [6, 6.07) is 5.79. The summed E-state index contributed by atoms with van der Waals surface area (Å²) in [6.07, 6.45) is 2.05. The van der Waals surface area contributed by atoms with Gasteiger partial charge >= 0.3 is 0 Å². The maximum atomic E-state index is 13.6. The number of hydrogen-bond acceptors (Lipinski definition) is 1. The van der Waals surface area contributed by atoms with Gasteiger partial charge < -0.3 is 10.3 Å². The molecule has 0 aliphatic rings. The Balaban J connectivity index is 2.13. The third kappa shape index (κ3) is 2.72. The van der Waals surface area contributed by atoms with Crippen LogP contribution < -0.4 is 5.32 Å². The van der Waals surface area contributed by atoms with Gasteiger partial charge in [-0.25, -0.2) is 4.39 Å². The van der Waals surface area contributed by atoms with Gasteiger partial charge in [-0.1, -0.05) is 26.0 Å². The van der Waals surface area contributed by atoms with E-state index in [4.69, 9.17) is 0 Å². The first-order valence-corrected chi connectivity index (χ1v) is 6.58. The average Bonchev–Trinajstić information content (AvgIpc) is 2.63. The van der Waals surface area contributed by atoms with Gasteiger partial charge in [-0.05, 0) is 37.9 Å². The van der Waals surface area contributed by atoms with Gasteiger partial charge in [0.1, 0.15) is 5.82 Å². The van der Waals surface area contributed by atoms with Gasteiger partial charge in [-0.2, -0.15) is 0 Å². The lowest BCUT2D eigenvalue weighted by Crippen LogP contribution is -2.23. The van der Waals surface area contributed by atoms with Gasteiger partial charge in [0.15, 0.2) is 0 Å². The molecule has 0 amide bonds. The second-order valence-corrected chi connectivity index (χ2v) is 5.10. The fourth-order valence-corrected chi connectivity index (χ4v) is 2.35. The molecule has 0 radical (unpaired) electrons. The number of nitrogens with one attached hydrogen (secondary N) is 2. The summed E-state index contributed by atoms with van der Waals surface area (Å²) in [7, 11) is 0. The topological polar surface area (TPSA) is 27.8 Å². The molecule has 0 fully saturated rings. The highest BCUT2D eigenvalue weighted by atomic mass is 19.1. The van der Waals surface area contributed by atoms with Crippen LogP contribution in [0.25, 0.3) is 10.9 Å². The fourth-order valence-electron chi connectivity index (χ4n) is 2.35. The van der Waals surface area contributed by atoms with Crippen LogP contribution in [-0.2, 0) is 6.42 Å². The Morgan fingerprint density at radius 3 is 2.83 bits per heavy atom. The van der Waals surface area contributed by atoms with Gasteiger partial charge in [-0.3, -0.25) is 0 Å². The first-order valence-electron chi connectivity index (χ1n) is 6.58. The van der Waals surface area contributed by atoms with E-state index in [1.165, 1.54) is 11.6 Å². The zero-order chi connectivity index (χ0) is 13.1. The maximum absolute atomic E-state index is 13.6. The number of aryl methyl sites for hydroxylation is 2. The molecule has 2 rings (SSSR count). The second-order valence-electron chi connectivity index (χ2n) is 5.10. The van der Waals surface area contributed by atoms with Crippen LogP contribution in [0.5, 0.6) is 0 Å². The molecule has 98 valence electrons. The summed E-state index contributed by atoms with van der Waals surface area (Å²) in [5, 5.41) is 4.43. The predicted octanol–water partition coefficient (Wildman–Crippen LogP) is 3.55. The quantitative estimate of drug-likeness (QED) is 0.778. The Morgan fingerprint density at radius 2 is 2.11 bits per heavy atom. The molecule has 0 spiro atoms. The molecule has 2 N–H and O–H groups in total. The van der Waals surface area contributed by atoms with E-state index in [2.05, 4.69) is 24.1 Å². The third-order valence-corrected chi connectivity index (χ3v) is 3.26. The molecule has 1 aromatic heterocycles. The lowest BCUT2D eigenvalue weighted by Gasteiger charge is -2.07. The van der Waals surface area contributed by atoms with Crippen molar-refractivity contribution in [3.63, 3.8) is 0 Å². The molecule has 0 atom stereocenters. The molecular formula is C15H21FN2. The zero-order valence-corrected chi connectivity index (χ0v) is 11.3. The van der Waals surface area contributed by atoms with E-state index >= 15 is 0 Å². The van der Waals surface area contributed by atoms with E-state index in [0.717, 1.165) is 30.5 Å². The molecule has 0 aliphatic heterocycles. The minimum Gasteiger partial charge on any atom is -0.356 e. The smallest absolute Gasteiger partial charge is 0.147 e. The van der Waals surface area contributed by atoms with Crippen molar-refractivity contribution in [2.75, 3.05) is 6.54 Å². The highest BCUT2D eigenvalue weighted by Gasteiger charge is 2.10. The third-order valence-electron chi connectivity index (χ3n) is 3.26. The van der Waals surface area contributed by atoms with Crippen molar-refractivity contribution in [1.29, 1.82) is 0 Å². The number of aromatic nitrogens is 1. The standard InChI is InChI=1S/C15H21FN2/c1-10(2)17-9-5-7-12-11(3)18-15-13(12)6-4-8-14(15)16/h4,6,8,10,17-18H,5,7,9H2,1-3H3. The Hall–Kier alpha value is -1.35. The zero-order valence-electron chi connectivity index (χ0n) is 11.3. The molecular weight excluding hydrogens is 227 g/mol. The monoisotopic (exact) mass is 248 g/mol. The SMILES string of the molecule is Cc1[nH]c2c(F)cccc2c1CCCNC(C)C. The molecule has 0 aliphatic carbocycles. The van der Waals surface area contributed by atoms with Crippen LogP contribution in [0.15, 0.2) is 18.2 Å². The van der Waals surface area contributed by atoms with Crippen LogP contribution >= 0.6 is 0 Å². The van der Waals surface area contributed by atoms with Crippen molar-refractivity contribution >= 4 is 10.9 Å². The van der Waals surface area contributed by atoms with Crippen molar-refractivity contribution in [2.45, 2.75) is 39.7 Å². The molecule has 2 aromatic rings. The van der Waals surface area contributed by atoms with Gasteiger partial charge in [-0.15, -0.1) is 0 Å². The molecule has 18 heavy (non-hydrogen) atoms. The Morgan fingerprint density at radius 1 is 1.33 bits per heavy atom. The van der Waals surface area contributed by atoms with E-state index in [0.29, 0.717) is 11.6 Å². The number of benzene rings is 1. The van der Waals surface area contributed by atoms with Gasteiger partial charge in [0.2, 0.25) is 0 Å². The van der Waals surface area contributed by atoms with E-state index in [-0.39, 0.29) is 5.82 Å². The van der Waals surface area contributed by atoms with E-state index in [9.17, 15) is 4.39 Å². The molecule has 1 aromatic carbocycles. The van der Waals surface area contributed by atoms with Crippen molar-refractivity contribution in [3.05, 3.63) is 35.3 Å². The molecule has 0 unspecified atom stereocenters. The molecule has 3 heteroatoms. The van der Waals surface area contributed by atoms with Crippen LogP contribution in [0.3, 0.4) is 0 Å². The van der Waals surface area contributed by atoms with Crippen LogP contribution in [0.1, 0.15) is 31.5 Å². The van der Waals surface area contributed by atoms with Gasteiger partial charge in [0.25, 0.3) is 0 Å². The fraction of sp³-hybridized carbons (Fsp3) is 0.467. The van der Waals surface area contributed by atoms with Gasteiger partial charge in [0.05, 0.1) is 5.52 Å². The normalized spacial score (nSPS) is 11.6. The summed E-state index contributed by atoms with van der Waals surface area (Å²) < 4.78 is 13.6. The Kier molecular flexibility index (Phi) is 4.02. The van der Waals surface area contributed by atoms with Crippen molar-refractivity contribution < 1.29 is 4.39 Å². The highest BCUT2D eigenvalue weighted by molar-refractivity contribution is 5.85. The van der Waals surface area contributed by atoms with Crippen molar-refractivity contribution in [3.8, 4) is 0 Å². The largest absolute Gasteiger partial charge is 0.356 e. The number of para-hydroxylation sites is 1. The Bertz CT molecular complexity index is 529. The predicted molar refractivity (Wildman–Crippen MR) is 74.5 cm³/mol. The molecule has 0 bridgehead atoms. The molecule has 0 saturated carbocycles.